The number of carboxylic acid groups (broad SMARTS) is 1. The molecule has 0 unspecified atom stereocenters. The molecule has 0 bridgehead atoms. The summed E-state index contributed by atoms with van der Waals surface area (Å²) in [5.41, 5.74) is 0.869. The van der Waals surface area contributed by atoms with E-state index >= 15 is 0 Å². The monoisotopic (exact) mass is 302 g/mol. The van der Waals surface area contributed by atoms with Gasteiger partial charge in [-0.2, -0.15) is 0 Å². The second-order valence-corrected chi connectivity index (χ2v) is 4.42. The van der Waals surface area contributed by atoms with E-state index in [2.05, 4.69) is 21.9 Å². The van der Waals surface area contributed by atoms with Gasteiger partial charge in [-0.15, -0.1) is 0 Å². The lowest BCUT2D eigenvalue weighted by molar-refractivity contribution is -0.142. The lowest BCUT2D eigenvalue weighted by Crippen LogP contribution is -2.46. The van der Waals surface area contributed by atoms with E-state index in [1.807, 2.05) is 6.92 Å². The van der Waals surface area contributed by atoms with Crippen LogP contribution in [0.3, 0.4) is 0 Å². The van der Waals surface area contributed by atoms with Gasteiger partial charge in [-0.3, -0.25) is 4.79 Å². The van der Waals surface area contributed by atoms with E-state index in [1.165, 1.54) is 7.11 Å². The highest BCUT2D eigenvalue weighted by Crippen LogP contribution is 1.99. The Labute approximate surface area is 123 Å². The van der Waals surface area contributed by atoms with Gasteiger partial charge in [0.15, 0.2) is 0 Å². The summed E-state index contributed by atoms with van der Waals surface area (Å²) in [5.74, 6) is -1.75. The highest BCUT2D eigenvalue weighted by atomic mass is 16.5. The van der Waals surface area contributed by atoms with Crippen LogP contribution in [0.5, 0.6) is 0 Å². The van der Waals surface area contributed by atoms with Crippen LogP contribution in [0.4, 0.5) is 4.79 Å². The largest absolute Gasteiger partial charge is 0.480 e. The van der Waals surface area contributed by atoms with Crippen molar-refractivity contribution in [1.82, 2.24) is 10.6 Å². The number of amides is 2. The van der Waals surface area contributed by atoms with Crippen LogP contribution in [-0.2, 0) is 19.1 Å². The molecule has 0 heterocycles. The molecule has 0 aliphatic heterocycles. The zero-order valence-corrected chi connectivity index (χ0v) is 12.3. The molecule has 3 N–H and O–H groups in total. The number of hydrogen-bond acceptors (Lipinski definition) is 5. The maximum absolute atomic E-state index is 11.5. The summed E-state index contributed by atoms with van der Waals surface area (Å²) in [7, 11) is 1.21. The van der Waals surface area contributed by atoms with Crippen molar-refractivity contribution in [2.24, 2.45) is 0 Å². The van der Waals surface area contributed by atoms with Crippen molar-refractivity contribution in [2.75, 3.05) is 26.9 Å². The molecule has 0 radical (unpaired) electrons. The van der Waals surface area contributed by atoms with E-state index in [9.17, 15) is 14.4 Å². The minimum absolute atomic E-state index is 0.0401. The molecule has 8 heteroatoms. The van der Waals surface area contributed by atoms with Gasteiger partial charge in [0.25, 0.3) is 0 Å². The molecular formula is C13H22N2O6. The zero-order chi connectivity index (χ0) is 16.3. The molecule has 0 spiro atoms. The topological polar surface area (TPSA) is 114 Å². The third-order valence-electron chi connectivity index (χ3n) is 2.35. The zero-order valence-electron chi connectivity index (χ0n) is 12.3. The van der Waals surface area contributed by atoms with E-state index in [-0.39, 0.29) is 19.4 Å². The van der Waals surface area contributed by atoms with E-state index in [1.54, 1.807) is 0 Å². The number of carbonyl (C=O) groups is 3. The minimum Gasteiger partial charge on any atom is -0.480 e. The summed E-state index contributed by atoms with van der Waals surface area (Å²) in [6, 6.07) is -1.79. The fourth-order valence-corrected chi connectivity index (χ4v) is 1.31. The maximum atomic E-state index is 11.5. The van der Waals surface area contributed by atoms with Crippen molar-refractivity contribution in [1.29, 1.82) is 0 Å². The second-order valence-electron chi connectivity index (χ2n) is 4.42. The Morgan fingerprint density at radius 2 is 2.00 bits per heavy atom. The fraction of sp³-hybridized carbons (Fsp3) is 0.615. The molecule has 0 aromatic carbocycles. The van der Waals surface area contributed by atoms with Gasteiger partial charge < -0.3 is 25.2 Å². The number of hydrogen-bond donors (Lipinski definition) is 3. The van der Waals surface area contributed by atoms with Crippen LogP contribution in [0, 0.1) is 0 Å². The fourth-order valence-electron chi connectivity index (χ4n) is 1.31. The first-order valence-electron chi connectivity index (χ1n) is 6.43. The minimum atomic E-state index is -1.22. The number of aliphatic carboxylic acids is 1. The predicted octanol–water partition coefficient (Wildman–Crippen LogP) is 0.285. The van der Waals surface area contributed by atoms with E-state index in [0.717, 1.165) is 5.57 Å². The van der Waals surface area contributed by atoms with Gasteiger partial charge in [-0.25, -0.2) is 9.59 Å². The van der Waals surface area contributed by atoms with Crippen LogP contribution in [0.15, 0.2) is 12.2 Å². The van der Waals surface area contributed by atoms with Gasteiger partial charge in [-0.1, -0.05) is 12.2 Å². The number of carboxylic acids is 1. The summed E-state index contributed by atoms with van der Waals surface area (Å²) in [4.78, 5) is 33.4. The average molecular weight is 302 g/mol. The van der Waals surface area contributed by atoms with Crippen molar-refractivity contribution in [3.63, 3.8) is 0 Å². The van der Waals surface area contributed by atoms with Crippen molar-refractivity contribution < 1.29 is 29.0 Å². The first-order chi connectivity index (χ1) is 9.86. The molecule has 0 aromatic heterocycles. The summed E-state index contributed by atoms with van der Waals surface area (Å²) >= 11 is 0. The Bertz CT molecular complexity index is 383. The second kappa shape index (κ2) is 10.7. The van der Waals surface area contributed by atoms with Crippen LogP contribution < -0.4 is 10.6 Å². The molecule has 21 heavy (non-hydrogen) atoms. The number of nitrogens with one attached hydrogen (secondary N) is 2. The van der Waals surface area contributed by atoms with Crippen LogP contribution in [0.1, 0.15) is 19.8 Å². The summed E-state index contributed by atoms with van der Waals surface area (Å²) in [6.45, 7) is 6.41. The number of rotatable bonds is 10. The Morgan fingerprint density at radius 3 is 2.52 bits per heavy atom. The molecule has 0 aliphatic carbocycles. The standard InChI is InChI=1S/C13H22N2O6/c1-9(2)8-21-7-6-14-13(19)15-10(12(17)18)4-5-11(16)20-3/h10H,1,4-8H2,2-3H3,(H,17,18)(H2,14,15,19)/t10-/m0/s1. The smallest absolute Gasteiger partial charge is 0.326 e. The molecule has 0 saturated carbocycles. The Balaban J connectivity index is 3.98. The summed E-state index contributed by atoms with van der Waals surface area (Å²) in [6.07, 6.45) is -0.128. The molecule has 0 fully saturated rings. The van der Waals surface area contributed by atoms with Crippen LogP contribution in [0.25, 0.3) is 0 Å². The van der Waals surface area contributed by atoms with Crippen molar-refractivity contribution in [3.8, 4) is 0 Å². The average Bonchev–Trinajstić information content (AvgIpc) is 2.41. The van der Waals surface area contributed by atoms with E-state index in [4.69, 9.17) is 9.84 Å². The van der Waals surface area contributed by atoms with Crippen LogP contribution in [-0.4, -0.2) is 56.0 Å². The number of esters is 1. The van der Waals surface area contributed by atoms with Gasteiger partial charge in [0, 0.05) is 13.0 Å². The molecule has 0 aromatic rings. The van der Waals surface area contributed by atoms with E-state index in [0.29, 0.717) is 13.2 Å². The molecular weight excluding hydrogens is 280 g/mol. The van der Waals surface area contributed by atoms with Gasteiger partial charge in [0.2, 0.25) is 0 Å². The number of carbonyl (C=O) groups excluding carboxylic acids is 2. The highest BCUT2D eigenvalue weighted by Gasteiger charge is 2.20. The first kappa shape index (κ1) is 18.9. The van der Waals surface area contributed by atoms with Gasteiger partial charge in [0.05, 0.1) is 20.3 Å². The lowest BCUT2D eigenvalue weighted by atomic mass is 10.1. The SMILES string of the molecule is C=C(C)COCCNC(=O)N[C@@H](CCC(=O)OC)C(=O)O. The van der Waals surface area contributed by atoms with Crippen molar-refractivity contribution >= 4 is 18.0 Å². The quantitative estimate of drug-likeness (QED) is 0.303. The van der Waals surface area contributed by atoms with Crippen molar-refractivity contribution in [2.45, 2.75) is 25.8 Å². The highest BCUT2D eigenvalue weighted by molar-refractivity contribution is 5.83. The normalized spacial score (nSPS) is 11.3. The van der Waals surface area contributed by atoms with Gasteiger partial charge in [-0.05, 0) is 13.3 Å². The van der Waals surface area contributed by atoms with Crippen LogP contribution >= 0.6 is 0 Å². The molecule has 120 valence electrons. The number of methoxy groups -OCH3 is 1. The van der Waals surface area contributed by atoms with Gasteiger partial charge >= 0.3 is 18.0 Å². The Morgan fingerprint density at radius 1 is 1.33 bits per heavy atom. The Hall–Kier alpha value is -2.09. The van der Waals surface area contributed by atoms with Crippen molar-refractivity contribution in [3.05, 3.63) is 12.2 Å². The van der Waals surface area contributed by atoms with Crippen LogP contribution in [0.2, 0.25) is 0 Å². The third-order valence-corrected chi connectivity index (χ3v) is 2.35. The summed E-state index contributed by atoms with van der Waals surface area (Å²) in [5, 5.41) is 13.7. The summed E-state index contributed by atoms with van der Waals surface area (Å²) < 4.78 is 9.58. The first-order valence-corrected chi connectivity index (χ1v) is 6.43. The molecule has 0 saturated heterocycles. The molecule has 0 rings (SSSR count). The maximum Gasteiger partial charge on any atom is 0.326 e. The Kier molecular flexibility index (Phi) is 9.61. The molecule has 1 atom stereocenters. The predicted molar refractivity (Wildman–Crippen MR) is 74.8 cm³/mol. The number of ether oxygens (including phenoxy) is 2. The molecule has 8 nitrogen and oxygen atoms in total. The molecule has 0 aliphatic rings. The third kappa shape index (κ3) is 10.4. The molecule has 2 amide bonds. The lowest BCUT2D eigenvalue weighted by Gasteiger charge is -2.14. The number of urea groups is 1. The van der Waals surface area contributed by atoms with Gasteiger partial charge in [0.1, 0.15) is 6.04 Å². The van der Waals surface area contributed by atoms with E-state index < -0.39 is 24.0 Å².